The molecule has 158 valence electrons. The fourth-order valence-corrected chi connectivity index (χ4v) is 3.68. The zero-order valence-corrected chi connectivity index (χ0v) is 17.9. The fraction of sp³-hybridized carbons (Fsp3) is 0.455. The molecule has 1 saturated heterocycles. The summed E-state index contributed by atoms with van der Waals surface area (Å²) in [5.74, 6) is 0.974. The van der Waals surface area contributed by atoms with Gasteiger partial charge in [-0.25, -0.2) is 4.98 Å². The first-order chi connectivity index (χ1) is 13.7. The van der Waals surface area contributed by atoms with E-state index in [0.717, 1.165) is 31.0 Å². The Balaban J connectivity index is 0.00000300. The molecule has 1 aromatic heterocycles. The van der Waals surface area contributed by atoms with Gasteiger partial charge in [-0.15, -0.1) is 12.4 Å². The molecule has 2 heterocycles. The van der Waals surface area contributed by atoms with Gasteiger partial charge in [0.05, 0.1) is 0 Å². The van der Waals surface area contributed by atoms with E-state index in [1.807, 2.05) is 31.4 Å². The molecule has 1 aliphatic heterocycles. The molecule has 0 aliphatic carbocycles. The summed E-state index contributed by atoms with van der Waals surface area (Å²) in [7, 11) is 2.03. The Hall–Kier alpha value is -2.15. The van der Waals surface area contributed by atoms with Gasteiger partial charge in [-0.2, -0.15) is 0 Å². The van der Waals surface area contributed by atoms with Crippen molar-refractivity contribution in [2.75, 3.05) is 31.6 Å². The molecule has 3 rings (SSSR count). The number of aromatic nitrogens is 1. The summed E-state index contributed by atoms with van der Waals surface area (Å²) >= 11 is 0. The molecule has 1 unspecified atom stereocenters. The highest BCUT2D eigenvalue weighted by molar-refractivity contribution is 5.85. The molecule has 3 N–H and O–H groups in total. The maximum absolute atomic E-state index is 11.7. The van der Waals surface area contributed by atoms with Crippen LogP contribution < -0.4 is 16.0 Å². The van der Waals surface area contributed by atoms with Crippen LogP contribution in [0.2, 0.25) is 0 Å². The van der Waals surface area contributed by atoms with Gasteiger partial charge >= 0.3 is 0 Å². The Morgan fingerprint density at radius 2 is 2.03 bits per heavy atom. The minimum Gasteiger partial charge on any atom is -0.354 e. The number of rotatable bonds is 8. The minimum atomic E-state index is 0. The third-order valence-corrected chi connectivity index (χ3v) is 5.34. The van der Waals surface area contributed by atoms with Gasteiger partial charge in [0.15, 0.2) is 0 Å². The van der Waals surface area contributed by atoms with Crippen LogP contribution in [0.15, 0.2) is 48.7 Å². The zero-order valence-electron chi connectivity index (χ0n) is 17.1. The van der Waals surface area contributed by atoms with Crippen LogP contribution in [-0.2, 0) is 11.3 Å². The molecule has 1 fully saturated rings. The first-order valence-electron chi connectivity index (χ1n) is 10.1. The lowest BCUT2D eigenvalue weighted by Crippen LogP contribution is -2.46. The second kappa shape index (κ2) is 11.8. The van der Waals surface area contributed by atoms with Crippen LogP contribution in [0.3, 0.4) is 0 Å². The summed E-state index contributed by atoms with van der Waals surface area (Å²) in [6.07, 6.45) is 5.90. The molecular formula is C22H32ClN5O. The maximum atomic E-state index is 11.7. The molecule has 0 spiro atoms. The number of hydrogen-bond acceptors (Lipinski definition) is 5. The topological polar surface area (TPSA) is 74.5 Å². The average Bonchev–Trinajstić information content (AvgIpc) is 2.74. The van der Waals surface area contributed by atoms with Crippen LogP contribution in [0.4, 0.5) is 11.5 Å². The van der Waals surface area contributed by atoms with Gasteiger partial charge in [-0.1, -0.05) is 30.7 Å². The van der Waals surface area contributed by atoms with E-state index in [4.69, 9.17) is 5.73 Å². The van der Waals surface area contributed by atoms with Crippen molar-refractivity contribution in [3.05, 3.63) is 54.2 Å². The largest absolute Gasteiger partial charge is 0.354 e. The van der Waals surface area contributed by atoms with E-state index in [0.29, 0.717) is 25.6 Å². The average molecular weight is 418 g/mol. The van der Waals surface area contributed by atoms with E-state index in [-0.39, 0.29) is 18.3 Å². The molecule has 1 aromatic carbocycles. The predicted octanol–water partition coefficient (Wildman–Crippen LogP) is 3.09. The molecule has 0 bridgehead atoms. The van der Waals surface area contributed by atoms with Crippen molar-refractivity contribution in [2.45, 2.75) is 38.3 Å². The van der Waals surface area contributed by atoms with Crippen molar-refractivity contribution >= 4 is 29.8 Å². The molecule has 1 amide bonds. The molecule has 6 nitrogen and oxygen atoms in total. The minimum absolute atomic E-state index is 0. The lowest BCUT2D eigenvalue weighted by atomic mass is 10.0. The number of pyridine rings is 1. The van der Waals surface area contributed by atoms with Gasteiger partial charge in [0.1, 0.15) is 5.82 Å². The number of amides is 1. The summed E-state index contributed by atoms with van der Waals surface area (Å²) in [5, 5.41) is 3.03. The van der Waals surface area contributed by atoms with Crippen molar-refractivity contribution in [2.24, 2.45) is 5.73 Å². The number of anilines is 2. The van der Waals surface area contributed by atoms with Crippen LogP contribution in [-0.4, -0.2) is 48.5 Å². The number of hydrogen-bond donors (Lipinski definition) is 2. The van der Waals surface area contributed by atoms with Gasteiger partial charge in [0.25, 0.3) is 0 Å². The van der Waals surface area contributed by atoms with Crippen LogP contribution in [0.5, 0.6) is 0 Å². The molecule has 1 atom stereocenters. The van der Waals surface area contributed by atoms with Gasteiger partial charge in [-0.05, 0) is 43.1 Å². The molecule has 2 aromatic rings. The summed E-state index contributed by atoms with van der Waals surface area (Å²) < 4.78 is 0. The van der Waals surface area contributed by atoms with Crippen molar-refractivity contribution in [3.63, 3.8) is 0 Å². The number of benzene rings is 1. The highest BCUT2D eigenvalue weighted by Gasteiger charge is 2.23. The van der Waals surface area contributed by atoms with E-state index < -0.39 is 0 Å². The standard InChI is InChI=1S/C22H31N5O.ClH/c1-26(19-7-3-2-4-8-19)21-11-10-18(15-24-21)17-27-14-6-5-9-20(27)16-25-22(28)12-13-23;/h2-4,7-8,10-11,15,20H,5-6,9,12-14,16-17,23H2,1H3,(H,25,28);1H. The van der Waals surface area contributed by atoms with Crippen LogP contribution in [0.1, 0.15) is 31.2 Å². The van der Waals surface area contributed by atoms with E-state index in [1.165, 1.54) is 18.4 Å². The predicted molar refractivity (Wildman–Crippen MR) is 121 cm³/mol. The smallest absolute Gasteiger partial charge is 0.221 e. The molecule has 1 aliphatic rings. The van der Waals surface area contributed by atoms with Gasteiger partial charge in [0, 0.05) is 51.0 Å². The Morgan fingerprint density at radius 1 is 1.24 bits per heavy atom. The first-order valence-corrected chi connectivity index (χ1v) is 10.1. The number of likely N-dealkylation sites (tertiary alicyclic amines) is 1. The third kappa shape index (κ3) is 6.70. The van der Waals surface area contributed by atoms with E-state index in [2.05, 4.69) is 44.4 Å². The second-order valence-corrected chi connectivity index (χ2v) is 7.38. The van der Waals surface area contributed by atoms with Crippen LogP contribution >= 0.6 is 12.4 Å². The number of nitrogens with two attached hydrogens (primary N) is 1. The summed E-state index contributed by atoms with van der Waals surface area (Å²) in [4.78, 5) is 21.0. The molecule has 7 heteroatoms. The highest BCUT2D eigenvalue weighted by atomic mass is 35.5. The Kier molecular flexibility index (Phi) is 9.38. The monoisotopic (exact) mass is 417 g/mol. The van der Waals surface area contributed by atoms with Gasteiger partial charge in [-0.3, -0.25) is 9.69 Å². The molecule has 0 radical (unpaired) electrons. The number of nitrogens with zero attached hydrogens (tertiary/aromatic N) is 3. The Bertz CT molecular complexity index is 741. The van der Waals surface area contributed by atoms with Gasteiger partial charge in [0.2, 0.25) is 5.91 Å². The van der Waals surface area contributed by atoms with Crippen molar-refractivity contribution < 1.29 is 4.79 Å². The van der Waals surface area contributed by atoms with E-state index >= 15 is 0 Å². The lowest BCUT2D eigenvalue weighted by Gasteiger charge is -2.35. The Labute approximate surface area is 179 Å². The Morgan fingerprint density at radius 3 is 2.72 bits per heavy atom. The zero-order chi connectivity index (χ0) is 19.8. The molecular weight excluding hydrogens is 386 g/mol. The van der Waals surface area contributed by atoms with Crippen molar-refractivity contribution in [1.82, 2.24) is 15.2 Å². The quantitative estimate of drug-likeness (QED) is 0.690. The molecule has 29 heavy (non-hydrogen) atoms. The lowest BCUT2D eigenvalue weighted by molar-refractivity contribution is -0.121. The molecule has 0 saturated carbocycles. The number of carbonyl (C=O) groups excluding carboxylic acids is 1. The number of nitrogens with one attached hydrogen (secondary N) is 1. The third-order valence-electron chi connectivity index (χ3n) is 5.34. The fourth-order valence-electron chi connectivity index (χ4n) is 3.68. The summed E-state index contributed by atoms with van der Waals surface area (Å²) in [5.41, 5.74) is 7.77. The van der Waals surface area contributed by atoms with Crippen molar-refractivity contribution in [1.29, 1.82) is 0 Å². The normalized spacial score (nSPS) is 16.7. The maximum Gasteiger partial charge on any atom is 0.221 e. The van der Waals surface area contributed by atoms with Gasteiger partial charge < -0.3 is 16.0 Å². The van der Waals surface area contributed by atoms with Crippen LogP contribution in [0, 0.1) is 0 Å². The van der Waals surface area contributed by atoms with E-state index in [1.54, 1.807) is 0 Å². The first kappa shape index (κ1) is 23.1. The summed E-state index contributed by atoms with van der Waals surface area (Å²) in [6, 6.07) is 14.8. The van der Waals surface area contributed by atoms with E-state index in [9.17, 15) is 4.79 Å². The second-order valence-electron chi connectivity index (χ2n) is 7.38. The number of carbonyl (C=O) groups is 1. The van der Waals surface area contributed by atoms with Crippen LogP contribution in [0.25, 0.3) is 0 Å². The van der Waals surface area contributed by atoms with Crippen molar-refractivity contribution in [3.8, 4) is 0 Å². The summed E-state index contributed by atoms with van der Waals surface area (Å²) in [6.45, 7) is 3.01. The number of para-hydroxylation sites is 1. The SMILES string of the molecule is CN(c1ccccc1)c1ccc(CN2CCCCC2CNC(=O)CCN)cn1.Cl. The number of piperidine rings is 1. The number of halogens is 1. The highest BCUT2D eigenvalue weighted by Crippen LogP contribution is 2.23.